The Balaban J connectivity index is 2.49. The number of thioether (sulfide) groups is 1. The second-order valence-corrected chi connectivity index (χ2v) is 5.48. The van der Waals surface area contributed by atoms with E-state index in [1.54, 1.807) is 11.8 Å². The van der Waals surface area contributed by atoms with Crippen LogP contribution in [0.1, 0.15) is 24.2 Å². The minimum absolute atomic E-state index is 0.0138. The van der Waals surface area contributed by atoms with Crippen molar-refractivity contribution in [3.63, 3.8) is 0 Å². The number of hydroxylamine groups is 1. The van der Waals surface area contributed by atoms with Gasteiger partial charge in [-0.1, -0.05) is 15.9 Å². The molecule has 1 atom stereocenters. The Morgan fingerprint density at radius 2 is 2.12 bits per heavy atom. The van der Waals surface area contributed by atoms with Crippen molar-refractivity contribution in [3.05, 3.63) is 39.5 Å². The first-order valence-electron chi connectivity index (χ1n) is 5.06. The molecule has 2 nitrogen and oxygen atoms in total. The fraction of sp³-hybridized carbons (Fsp3) is 0.333. The normalized spacial score (nSPS) is 19.5. The summed E-state index contributed by atoms with van der Waals surface area (Å²) in [7, 11) is 0. The summed E-state index contributed by atoms with van der Waals surface area (Å²) >= 11 is 5.31. The first-order chi connectivity index (χ1) is 7.63. The highest BCUT2D eigenvalue weighted by Crippen LogP contribution is 2.36. The summed E-state index contributed by atoms with van der Waals surface area (Å²) in [6.45, 7) is 4.12. The average molecular weight is 300 g/mol. The van der Waals surface area contributed by atoms with Crippen LogP contribution in [0.5, 0.6) is 0 Å². The molecule has 0 spiro atoms. The molecule has 2 rings (SSSR count). The maximum Gasteiger partial charge on any atom is 0.132 e. The van der Waals surface area contributed by atoms with Crippen molar-refractivity contribution in [1.82, 2.24) is 5.48 Å². The Morgan fingerprint density at radius 1 is 1.38 bits per heavy atom. The number of allylic oxidation sites excluding steroid dienone is 1. The summed E-state index contributed by atoms with van der Waals surface area (Å²) in [5.74, 6) is 0. The summed E-state index contributed by atoms with van der Waals surface area (Å²) in [6.07, 6.45) is 4.21. The van der Waals surface area contributed by atoms with E-state index in [9.17, 15) is 0 Å². The predicted molar refractivity (Wildman–Crippen MR) is 71.4 cm³/mol. The third-order valence-corrected chi connectivity index (χ3v) is 4.32. The molecular weight excluding hydrogens is 286 g/mol. The lowest BCUT2D eigenvalue weighted by Crippen LogP contribution is -2.08. The molecule has 0 fully saturated rings. The molecule has 0 bridgehead atoms. The Hall–Kier alpha value is -0.450. The van der Waals surface area contributed by atoms with E-state index < -0.39 is 0 Å². The van der Waals surface area contributed by atoms with Crippen molar-refractivity contribution >= 4 is 27.7 Å². The molecule has 1 unspecified atom stereocenters. The zero-order valence-corrected chi connectivity index (χ0v) is 11.9. The molecule has 1 aromatic rings. The molecule has 1 aromatic carbocycles. The monoisotopic (exact) mass is 299 g/mol. The number of hydrogen-bond donors (Lipinski definition) is 1. The van der Waals surface area contributed by atoms with Crippen LogP contribution in [0, 0.1) is 6.92 Å². The van der Waals surface area contributed by atoms with Gasteiger partial charge < -0.3 is 0 Å². The lowest BCUT2D eigenvalue weighted by molar-refractivity contribution is 0.0404. The summed E-state index contributed by atoms with van der Waals surface area (Å²) in [6, 6.07) is 4.21. The fourth-order valence-corrected chi connectivity index (χ4v) is 2.84. The Labute approximate surface area is 109 Å². The topological polar surface area (TPSA) is 21.3 Å². The van der Waals surface area contributed by atoms with Gasteiger partial charge in [-0.25, -0.2) is 0 Å². The highest BCUT2D eigenvalue weighted by atomic mass is 79.9. The van der Waals surface area contributed by atoms with Gasteiger partial charge in [0.2, 0.25) is 0 Å². The van der Waals surface area contributed by atoms with Gasteiger partial charge in [-0.15, -0.1) is 11.8 Å². The number of nitrogens with one attached hydrogen (secondary N) is 1. The summed E-state index contributed by atoms with van der Waals surface area (Å²) in [5.41, 5.74) is 6.45. The first-order valence-corrected chi connectivity index (χ1v) is 7.08. The smallest absolute Gasteiger partial charge is 0.132 e. The molecule has 4 heteroatoms. The largest absolute Gasteiger partial charge is 0.271 e. The predicted octanol–water partition coefficient (Wildman–Crippen LogP) is 3.96. The van der Waals surface area contributed by atoms with Gasteiger partial charge in [0.25, 0.3) is 0 Å². The van der Waals surface area contributed by atoms with Gasteiger partial charge in [0.1, 0.15) is 6.10 Å². The molecule has 0 aromatic heterocycles. The van der Waals surface area contributed by atoms with Crippen molar-refractivity contribution in [1.29, 1.82) is 0 Å². The molecule has 86 valence electrons. The van der Waals surface area contributed by atoms with Crippen molar-refractivity contribution < 1.29 is 4.84 Å². The van der Waals surface area contributed by atoms with Crippen LogP contribution < -0.4 is 5.48 Å². The first kappa shape index (κ1) is 12.0. The van der Waals surface area contributed by atoms with E-state index in [4.69, 9.17) is 4.84 Å². The number of halogens is 1. The Morgan fingerprint density at radius 3 is 2.69 bits per heavy atom. The maximum atomic E-state index is 5.55. The SMILES string of the molecule is CSc1ccc(Br)c(C)c1C1C=C(C)NO1. The number of hydrogen-bond acceptors (Lipinski definition) is 3. The van der Waals surface area contributed by atoms with Gasteiger partial charge in [0.05, 0.1) is 0 Å². The zero-order valence-electron chi connectivity index (χ0n) is 9.50. The van der Waals surface area contributed by atoms with Gasteiger partial charge in [-0.2, -0.15) is 0 Å². The minimum Gasteiger partial charge on any atom is -0.271 e. The third kappa shape index (κ3) is 2.14. The molecule has 0 amide bonds. The van der Waals surface area contributed by atoms with Crippen LogP contribution in [0.2, 0.25) is 0 Å². The van der Waals surface area contributed by atoms with Crippen molar-refractivity contribution in [3.8, 4) is 0 Å². The van der Waals surface area contributed by atoms with E-state index in [2.05, 4.69) is 52.8 Å². The standard InChI is InChI=1S/C12H14BrNOS/c1-7-6-10(15-14-7)12-8(2)9(13)4-5-11(12)16-3/h4-6,10,14H,1-3H3. The Kier molecular flexibility index (Phi) is 3.62. The molecule has 1 aliphatic rings. The van der Waals surface area contributed by atoms with Crippen LogP contribution >= 0.6 is 27.7 Å². The van der Waals surface area contributed by atoms with Gasteiger partial charge in [-0.3, -0.25) is 10.3 Å². The summed E-state index contributed by atoms with van der Waals surface area (Å²) < 4.78 is 1.13. The van der Waals surface area contributed by atoms with Crippen LogP contribution in [-0.4, -0.2) is 6.26 Å². The highest BCUT2D eigenvalue weighted by Gasteiger charge is 2.22. The quantitative estimate of drug-likeness (QED) is 0.835. The van der Waals surface area contributed by atoms with Crippen LogP contribution in [0.4, 0.5) is 0 Å². The van der Waals surface area contributed by atoms with Crippen LogP contribution in [0.15, 0.2) is 33.3 Å². The highest BCUT2D eigenvalue weighted by molar-refractivity contribution is 9.10. The van der Waals surface area contributed by atoms with E-state index in [-0.39, 0.29) is 6.10 Å². The molecule has 0 aliphatic carbocycles. The Bertz CT molecular complexity index is 445. The average Bonchev–Trinajstić information content (AvgIpc) is 2.68. The molecule has 0 radical (unpaired) electrons. The molecule has 1 aliphatic heterocycles. The summed E-state index contributed by atoms with van der Waals surface area (Å²) in [5, 5.41) is 0. The van der Waals surface area contributed by atoms with E-state index in [0.29, 0.717) is 0 Å². The molecular formula is C12H14BrNOS. The second-order valence-electron chi connectivity index (χ2n) is 3.78. The summed E-state index contributed by atoms with van der Waals surface area (Å²) in [4.78, 5) is 6.82. The zero-order chi connectivity index (χ0) is 11.7. The van der Waals surface area contributed by atoms with E-state index >= 15 is 0 Å². The fourth-order valence-electron chi connectivity index (χ4n) is 1.80. The van der Waals surface area contributed by atoms with Crippen LogP contribution in [0.25, 0.3) is 0 Å². The number of benzene rings is 1. The molecule has 16 heavy (non-hydrogen) atoms. The molecule has 1 heterocycles. The van der Waals surface area contributed by atoms with Gasteiger partial charge in [0.15, 0.2) is 0 Å². The third-order valence-electron chi connectivity index (χ3n) is 2.66. The van der Waals surface area contributed by atoms with E-state index in [1.807, 2.05) is 6.92 Å². The van der Waals surface area contributed by atoms with Crippen LogP contribution in [-0.2, 0) is 4.84 Å². The minimum atomic E-state index is 0.0138. The second kappa shape index (κ2) is 4.82. The van der Waals surface area contributed by atoms with Gasteiger partial charge in [-0.05, 0) is 43.9 Å². The number of rotatable bonds is 2. The van der Waals surface area contributed by atoms with Crippen molar-refractivity contribution in [2.75, 3.05) is 6.26 Å². The maximum absolute atomic E-state index is 5.55. The van der Waals surface area contributed by atoms with Gasteiger partial charge >= 0.3 is 0 Å². The van der Waals surface area contributed by atoms with Gasteiger partial charge in [0, 0.05) is 20.6 Å². The van der Waals surface area contributed by atoms with E-state index in [1.165, 1.54) is 16.0 Å². The van der Waals surface area contributed by atoms with Crippen LogP contribution in [0.3, 0.4) is 0 Å². The lowest BCUT2D eigenvalue weighted by Gasteiger charge is -2.16. The molecule has 0 saturated carbocycles. The molecule has 1 N–H and O–H groups in total. The van der Waals surface area contributed by atoms with E-state index in [0.717, 1.165) is 10.2 Å². The van der Waals surface area contributed by atoms with Crippen molar-refractivity contribution in [2.45, 2.75) is 24.8 Å². The lowest BCUT2D eigenvalue weighted by atomic mass is 10.0. The molecule has 0 saturated heterocycles. The van der Waals surface area contributed by atoms with Crippen molar-refractivity contribution in [2.24, 2.45) is 0 Å².